The van der Waals surface area contributed by atoms with E-state index in [1.807, 2.05) is 4.90 Å². The summed E-state index contributed by atoms with van der Waals surface area (Å²) in [5, 5.41) is 0. The first-order valence-corrected chi connectivity index (χ1v) is 6.28. The molecule has 0 aromatic heterocycles. The fourth-order valence-electron chi connectivity index (χ4n) is 2.28. The highest BCUT2D eigenvalue weighted by Crippen LogP contribution is 2.22. The van der Waals surface area contributed by atoms with Crippen molar-refractivity contribution in [2.24, 2.45) is 5.73 Å². The van der Waals surface area contributed by atoms with Gasteiger partial charge in [-0.25, -0.2) is 4.39 Å². The molecule has 106 valence electrons. The molecular weight excluding hydrogens is 261 g/mol. The maximum Gasteiger partial charge on any atom is 0.250 e. The zero-order valence-corrected chi connectivity index (χ0v) is 11.0. The molecule has 2 amide bonds. The number of hydrogen-bond donors (Lipinski definition) is 1. The molecule has 2 rings (SSSR count). The Morgan fingerprint density at radius 3 is 2.45 bits per heavy atom. The molecular formula is C14H16FN3O2. The van der Waals surface area contributed by atoms with Crippen molar-refractivity contribution in [1.82, 2.24) is 4.90 Å². The van der Waals surface area contributed by atoms with Crippen molar-refractivity contribution in [3.63, 3.8) is 0 Å². The second-order valence-electron chi connectivity index (χ2n) is 4.54. The summed E-state index contributed by atoms with van der Waals surface area (Å²) in [5.74, 6) is -1.27. The van der Waals surface area contributed by atoms with Crippen molar-refractivity contribution >= 4 is 17.5 Å². The van der Waals surface area contributed by atoms with Gasteiger partial charge >= 0.3 is 0 Å². The van der Waals surface area contributed by atoms with Crippen LogP contribution in [-0.2, 0) is 4.79 Å². The number of halogens is 1. The minimum Gasteiger partial charge on any atom is -0.367 e. The summed E-state index contributed by atoms with van der Waals surface area (Å²) in [6.45, 7) is 5.63. The van der Waals surface area contributed by atoms with Crippen LogP contribution in [-0.4, -0.2) is 42.9 Å². The number of nitrogens with two attached hydrogens (primary N) is 1. The standard InChI is InChI=1S/C14H16FN3O2/c1-2-13(19)18-7-5-17(6-8-18)12-4-3-10(15)9-11(12)14(16)20/h2-4,9H,1,5-8H2,(H2,16,20). The zero-order chi connectivity index (χ0) is 14.7. The molecule has 0 saturated carbocycles. The van der Waals surface area contributed by atoms with Gasteiger partial charge in [0.05, 0.1) is 5.56 Å². The molecule has 1 aliphatic heterocycles. The van der Waals surface area contributed by atoms with Crippen molar-refractivity contribution in [1.29, 1.82) is 0 Å². The van der Waals surface area contributed by atoms with Crippen LogP contribution in [0.15, 0.2) is 30.9 Å². The summed E-state index contributed by atoms with van der Waals surface area (Å²) in [6, 6.07) is 3.97. The van der Waals surface area contributed by atoms with Crippen LogP contribution in [0.4, 0.5) is 10.1 Å². The molecule has 2 N–H and O–H groups in total. The first-order valence-electron chi connectivity index (χ1n) is 6.28. The van der Waals surface area contributed by atoms with Crippen LogP contribution in [0.25, 0.3) is 0 Å². The third kappa shape index (κ3) is 2.79. The molecule has 0 radical (unpaired) electrons. The molecule has 0 unspecified atom stereocenters. The van der Waals surface area contributed by atoms with E-state index in [4.69, 9.17) is 5.73 Å². The van der Waals surface area contributed by atoms with Gasteiger partial charge in [-0.1, -0.05) is 6.58 Å². The lowest BCUT2D eigenvalue weighted by Gasteiger charge is -2.36. The average molecular weight is 277 g/mol. The summed E-state index contributed by atoms with van der Waals surface area (Å²) >= 11 is 0. The highest BCUT2D eigenvalue weighted by atomic mass is 19.1. The fourth-order valence-corrected chi connectivity index (χ4v) is 2.28. The molecule has 20 heavy (non-hydrogen) atoms. The number of amides is 2. The number of hydrogen-bond acceptors (Lipinski definition) is 3. The maximum atomic E-state index is 13.2. The van der Waals surface area contributed by atoms with Gasteiger partial charge in [-0.2, -0.15) is 0 Å². The molecule has 0 bridgehead atoms. The van der Waals surface area contributed by atoms with Crippen LogP contribution < -0.4 is 10.6 Å². The van der Waals surface area contributed by atoms with E-state index in [1.54, 1.807) is 11.0 Å². The maximum absolute atomic E-state index is 13.2. The third-order valence-corrected chi connectivity index (χ3v) is 3.33. The molecule has 1 heterocycles. The molecule has 0 atom stereocenters. The van der Waals surface area contributed by atoms with Crippen LogP contribution in [0.5, 0.6) is 0 Å². The van der Waals surface area contributed by atoms with Crippen molar-refractivity contribution in [3.8, 4) is 0 Å². The summed E-state index contributed by atoms with van der Waals surface area (Å²) < 4.78 is 13.2. The van der Waals surface area contributed by atoms with Crippen LogP contribution in [0, 0.1) is 5.82 Å². The number of primary amides is 1. The first kappa shape index (κ1) is 14.0. The van der Waals surface area contributed by atoms with Gasteiger partial charge in [0.1, 0.15) is 5.82 Å². The van der Waals surface area contributed by atoms with Crippen molar-refractivity contribution < 1.29 is 14.0 Å². The normalized spacial score (nSPS) is 15.1. The molecule has 1 aromatic rings. The molecule has 1 saturated heterocycles. The summed E-state index contributed by atoms with van der Waals surface area (Å²) in [5.41, 5.74) is 6.04. The highest BCUT2D eigenvalue weighted by molar-refractivity contribution is 5.98. The lowest BCUT2D eigenvalue weighted by molar-refractivity contribution is -0.126. The van der Waals surface area contributed by atoms with Gasteiger partial charge in [-0.3, -0.25) is 9.59 Å². The molecule has 0 aliphatic carbocycles. The summed E-state index contributed by atoms with van der Waals surface area (Å²) in [6.07, 6.45) is 1.28. The van der Waals surface area contributed by atoms with Crippen LogP contribution in [0.3, 0.4) is 0 Å². The predicted molar refractivity (Wildman–Crippen MR) is 73.9 cm³/mol. The smallest absolute Gasteiger partial charge is 0.250 e. The Morgan fingerprint density at radius 1 is 1.25 bits per heavy atom. The molecule has 0 spiro atoms. The zero-order valence-electron chi connectivity index (χ0n) is 11.0. The molecule has 1 aliphatic rings. The Balaban J connectivity index is 2.16. The van der Waals surface area contributed by atoms with E-state index in [9.17, 15) is 14.0 Å². The van der Waals surface area contributed by atoms with Crippen molar-refractivity contribution in [2.75, 3.05) is 31.1 Å². The molecule has 6 heteroatoms. The summed E-state index contributed by atoms with van der Waals surface area (Å²) in [7, 11) is 0. The topological polar surface area (TPSA) is 66.6 Å². The monoisotopic (exact) mass is 277 g/mol. The largest absolute Gasteiger partial charge is 0.367 e. The number of carbonyl (C=O) groups excluding carboxylic acids is 2. The van der Waals surface area contributed by atoms with Gasteiger partial charge in [0, 0.05) is 31.9 Å². The number of nitrogens with zero attached hydrogens (tertiary/aromatic N) is 2. The second kappa shape index (κ2) is 5.73. The number of anilines is 1. The Bertz CT molecular complexity index is 551. The lowest BCUT2D eigenvalue weighted by atomic mass is 10.1. The number of carbonyl (C=O) groups is 2. The van der Waals surface area contributed by atoms with Gasteiger partial charge in [-0.05, 0) is 24.3 Å². The van der Waals surface area contributed by atoms with E-state index in [2.05, 4.69) is 6.58 Å². The number of piperazine rings is 1. The Labute approximate surface area is 116 Å². The van der Waals surface area contributed by atoms with E-state index in [-0.39, 0.29) is 11.5 Å². The van der Waals surface area contributed by atoms with Crippen LogP contribution in [0.1, 0.15) is 10.4 Å². The van der Waals surface area contributed by atoms with Gasteiger partial charge in [0.25, 0.3) is 5.91 Å². The van der Waals surface area contributed by atoms with E-state index >= 15 is 0 Å². The van der Waals surface area contributed by atoms with E-state index < -0.39 is 11.7 Å². The first-order chi connectivity index (χ1) is 9.52. The highest BCUT2D eigenvalue weighted by Gasteiger charge is 2.22. The van der Waals surface area contributed by atoms with Crippen molar-refractivity contribution in [2.45, 2.75) is 0 Å². The van der Waals surface area contributed by atoms with Gasteiger partial charge in [-0.15, -0.1) is 0 Å². The minimum atomic E-state index is -0.663. The van der Waals surface area contributed by atoms with Gasteiger partial charge in [0.2, 0.25) is 5.91 Å². The van der Waals surface area contributed by atoms with Crippen molar-refractivity contribution in [3.05, 3.63) is 42.2 Å². The Kier molecular flexibility index (Phi) is 4.02. The lowest BCUT2D eigenvalue weighted by Crippen LogP contribution is -2.48. The fraction of sp³-hybridized carbons (Fsp3) is 0.286. The van der Waals surface area contributed by atoms with Gasteiger partial charge < -0.3 is 15.5 Å². The Morgan fingerprint density at radius 2 is 1.90 bits per heavy atom. The predicted octanol–water partition coefficient (Wildman–Crippen LogP) is 0.759. The quantitative estimate of drug-likeness (QED) is 0.829. The second-order valence-corrected chi connectivity index (χ2v) is 4.54. The number of benzene rings is 1. The van der Waals surface area contributed by atoms with E-state index in [1.165, 1.54) is 12.1 Å². The molecule has 5 nitrogen and oxygen atoms in total. The van der Waals surface area contributed by atoms with Crippen LogP contribution in [0.2, 0.25) is 0 Å². The van der Waals surface area contributed by atoms with E-state index in [0.29, 0.717) is 31.9 Å². The van der Waals surface area contributed by atoms with E-state index in [0.717, 1.165) is 6.07 Å². The third-order valence-electron chi connectivity index (χ3n) is 3.33. The van der Waals surface area contributed by atoms with Crippen LogP contribution >= 0.6 is 0 Å². The Hall–Kier alpha value is -2.37. The minimum absolute atomic E-state index is 0.112. The summed E-state index contributed by atoms with van der Waals surface area (Å²) in [4.78, 5) is 26.5. The SMILES string of the molecule is C=CC(=O)N1CCN(c2ccc(F)cc2C(N)=O)CC1. The van der Waals surface area contributed by atoms with Gasteiger partial charge in [0.15, 0.2) is 0 Å². The number of rotatable bonds is 3. The molecule has 1 fully saturated rings. The average Bonchev–Trinajstić information content (AvgIpc) is 2.46. The molecule has 1 aromatic carbocycles.